The van der Waals surface area contributed by atoms with E-state index >= 15 is 0 Å². The molecule has 0 fully saturated rings. The summed E-state index contributed by atoms with van der Waals surface area (Å²) in [6.45, 7) is 0.440. The maximum Gasteiger partial charge on any atom is 0.277 e. The molecule has 21 heavy (non-hydrogen) atoms. The smallest absolute Gasteiger partial charge is 0.277 e. The van der Waals surface area contributed by atoms with Crippen LogP contribution in [0.4, 0.5) is 14.5 Å². The third-order valence-corrected chi connectivity index (χ3v) is 3.42. The van der Waals surface area contributed by atoms with E-state index in [1.165, 1.54) is 13.0 Å². The largest absolute Gasteiger partial charge is 0.346 e. The number of alkyl halides is 2. The van der Waals surface area contributed by atoms with Gasteiger partial charge in [-0.2, -0.15) is 0 Å². The third-order valence-electron chi connectivity index (χ3n) is 3.42. The first-order valence-electron chi connectivity index (χ1n) is 6.61. The minimum atomic E-state index is -3.11. The van der Waals surface area contributed by atoms with E-state index in [9.17, 15) is 18.4 Å². The molecule has 0 bridgehead atoms. The molecular formula is C14H17F2N3O2. The molecule has 1 aliphatic rings. The van der Waals surface area contributed by atoms with Crippen LogP contribution in [0.3, 0.4) is 0 Å². The lowest BCUT2D eigenvalue weighted by molar-refractivity contribution is -0.116. The Bertz CT molecular complexity index is 575. The van der Waals surface area contributed by atoms with Crippen LogP contribution in [0.2, 0.25) is 0 Å². The summed E-state index contributed by atoms with van der Waals surface area (Å²) >= 11 is 0. The molecule has 0 spiro atoms. The van der Waals surface area contributed by atoms with Crippen molar-refractivity contribution < 1.29 is 18.4 Å². The van der Waals surface area contributed by atoms with Crippen LogP contribution in [0.1, 0.15) is 22.8 Å². The minimum Gasteiger partial charge on any atom is -0.346 e. The van der Waals surface area contributed by atoms with E-state index in [-0.39, 0.29) is 5.91 Å². The van der Waals surface area contributed by atoms with Gasteiger partial charge in [0.15, 0.2) is 0 Å². The number of halogens is 2. The SMILES string of the molecule is CC(=O)N1CCc2cc(C(=O)NCC(F)(F)CN)ccc21. The number of amides is 2. The number of nitrogens with two attached hydrogens (primary N) is 1. The van der Waals surface area contributed by atoms with Crippen molar-refractivity contribution in [3.63, 3.8) is 0 Å². The lowest BCUT2D eigenvalue weighted by Gasteiger charge is -2.16. The van der Waals surface area contributed by atoms with Gasteiger partial charge in [0.25, 0.3) is 11.8 Å². The van der Waals surface area contributed by atoms with Crippen LogP contribution >= 0.6 is 0 Å². The Balaban J connectivity index is 2.09. The van der Waals surface area contributed by atoms with Crippen molar-refractivity contribution in [1.82, 2.24) is 5.32 Å². The van der Waals surface area contributed by atoms with Crippen LogP contribution in [0.15, 0.2) is 18.2 Å². The zero-order valence-corrected chi connectivity index (χ0v) is 11.7. The summed E-state index contributed by atoms with van der Waals surface area (Å²) in [4.78, 5) is 24.9. The van der Waals surface area contributed by atoms with Gasteiger partial charge in [0.05, 0.1) is 13.1 Å². The van der Waals surface area contributed by atoms with Crippen LogP contribution in [-0.4, -0.2) is 37.4 Å². The molecule has 1 aliphatic heterocycles. The molecule has 0 radical (unpaired) electrons. The fourth-order valence-electron chi connectivity index (χ4n) is 2.25. The van der Waals surface area contributed by atoms with Crippen molar-refractivity contribution in [2.45, 2.75) is 19.3 Å². The van der Waals surface area contributed by atoms with E-state index in [4.69, 9.17) is 5.73 Å². The second-order valence-corrected chi connectivity index (χ2v) is 5.01. The van der Waals surface area contributed by atoms with Gasteiger partial charge in [0, 0.05) is 24.7 Å². The van der Waals surface area contributed by atoms with E-state index in [2.05, 4.69) is 5.32 Å². The van der Waals surface area contributed by atoms with Crippen LogP contribution in [0.5, 0.6) is 0 Å². The maximum absolute atomic E-state index is 13.0. The van der Waals surface area contributed by atoms with Gasteiger partial charge < -0.3 is 16.0 Å². The quantitative estimate of drug-likeness (QED) is 0.867. The molecule has 0 aromatic heterocycles. The molecule has 1 aromatic carbocycles. The van der Waals surface area contributed by atoms with Gasteiger partial charge in [0.1, 0.15) is 0 Å². The lowest BCUT2D eigenvalue weighted by atomic mass is 10.1. The zero-order chi connectivity index (χ0) is 15.6. The number of carbonyl (C=O) groups is 2. The van der Waals surface area contributed by atoms with Crippen molar-refractivity contribution in [1.29, 1.82) is 0 Å². The Morgan fingerprint density at radius 1 is 1.43 bits per heavy atom. The Labute approximate surface area is 121 Å². The summed E-state index contributed by atoms with van der Waals surface area (Å²) in [6, 6.07) is 4.82. The van der Waals surface area contributed by atoms with E-state index in [1.807, 2.05) is 0 Å². The highest BCUT2D eigenvalue weighted by molar-refractivity contribution is 5.97. The van der Waals surface area contributed by atoms with E-state index in [0.29, 0.717) is 18.5 Å². The van der Waals surface area contributed by atoms with Gasteiger partial charge in [-0.05, 0) is 30.2 Å². The fraction of sp³-hybridized carbons (Fsp3) is 0.429. The molecule has 0 aliphatic carbocycles. The van der Waals surface area contributed by atoms with E-state index < -0.39 is 24.9 Å². The Kier molecular flexibility index (Phi) is 4.22. The maximum atomic E-state index is 13.0. The molecule has 2 rings (SSSR count). The van der Waals surface area contributed by atoms with Crippen molar-refractivity contribution >= 4 is 17.5 Å². The van der Waals surface area contributed by atoms with Crippen LogP contribution in [0, 0.1) is 0 Å². The predicted octanol–water partition coefficient (Wildman–Crippen LogP) is 0.919. The monoisotopic (exact) mass is 297 g/mol. The van der Waals surface area contributed by atoms with E-state index in [0.717, 1.165) is 11.3 Å². The first-order valence-corrected chi connectivity index (χ1v) is 6.61. The minimum absolute atomic E-state index is 0.0615. The number of hydrogen-bond acceptors (Lipinski definition) is 3. The van der Waals surface area contributed by atoms with Crippen LogP contribution < -0.4 is 16.0 Å². The zero-order valence-electron chi connectivity index (χ0n) is 11.7. The van der Waals surface area contributed by atoms with Gasteiger partial charge in [0.2, 0.25) is 5.91 Å². The van der Waals surface area contributed by atoms with Crippen molar-refractivity contribution in [2.75, 3.05) is 24.5 Å². The molecule has 2 amide bonds. The molecule has 5 nitrogen and oxygen atoms in total. The number of benzene rings is 1. The molecule has 0 saturated carbocycles. The average Bonchev–Trinajstić information content (AvgIpc) is 2.88. The van der Waals surface area contributed by atoms with Gasteiger partial charge >= 0.3 is 0 Å². The topological polar surface area (TPSA) is 75.4 Å². The molecule has 7 heteroatoms. The Morgan fingerprint density at radius 3 is 2.76 bits per heavy atom. The first kappa shape index (κ1) is 15.4. The molecular weight excluding hydrogens is 280 g/mol. The molecule has 0 unspecified atom stereocenters. The second kappa shape index (κ2) is 5.77. The van der Waals surface area contributed by atoms with Gasteiger partial charge in [-0.25, -0.2) is 8.78 Å². The molecule has 0 atom stereocenters. The van der Waals surface area contributed by atoms with Gasteiger partial charge in [-0.15, -0.1) is 0 Å². The van der Waals surface area contributed by atoms with Gasteiger partial charge in [-0.3, -0.25) is 9.59 Å². The van der Waals surface area contributed by atoms with Crippen LogP contribution in [0.25, 0.3) is 0 Å². The van der Waals surface area contributed by atoms with Crippen LogP contribution in [-0.2, 0) is 11.2 Å². The summed E-state index contributed by atoms with van der Waals surface area (Å²) in [5, 5.41) is 2.17. The number of anilines is 1. The molecule has 114 valence electrons. The Hall–Kier alpha value is -2.02. The normalized spacial score (nSPS) is 14.0. The first-order chi connectivity index (χ1) is 9.84. The highest BCUT2D eigenvalue weighted by Gasteiger charge is 2.28. The van der Waals surface area contributed by atoms with Crippen molar-refractivity contribution in [3.05, 3.63) is 29.3 Å². The number of rotatable bonds is 4. The number of nitrogens with zero attached hydrogens (tertiary/aromatic N) is 1. The van der Waals surface area contributed by atoms with E-state index in [1.54, 1.807) is 17.0 Å². The summed E-state index contributed by atoms with van der Waals surface area (Å²) in [6.07, 6.45) is 0.648. The van der Waals surface area contributed by atoms with Crippen molar-refractivity contribution in [2.24, 2.45) is 5.73 Å². The number of fused-ring (bicyclic) bond motifs is 1. The summed E-state index contributed by atoms with van der Waals surface area (Å²) in [5.74, 6) is -3.75. The summed E-state index contributed by atoms with van der Waals surface area (Å²) < 4.78 is 26.0. The predicted molar refractivity (Wildman–Crippen MR) is 74.5 cm³/mol. The molecule has 0 saturated heterocycles. The summed E-state index contributed by atoms with van der Waals surface area (Å²) in [5.41, 5.74) is 6.84. The molecule has 3 N–H and O–H groups in total. The van der Waals surface area contributed by atoms with Crippen molar-refractivity contribution in [3.8, 4) is 0 Å². The standard InChI is InChI=1S/C14H17F2N3O2/c1-9(20)19-5-4-10-6-11(2-3-12(10)19)13(21)18-8-14(15,16)7-17/h2-3,6H,4-5,7-8,17H2,1H3,(H,18,21). The highest BCUT2D eigenvalue weighted by Crippen LogP contribution is 2.28. The third kappa shape index (κ3) is 3.36. The lowest BCUT2D eigenvalue weighted by Crippen LogP contribution is -2.41. The number of nitrogens with one attached hydrogen (secondary N) is 1. The number of hydrogen-bond donors (Lipinski definition) is 2. The molecule has 1 aromatic rings. The fourth-order valence-corrected chi connectivity index (χ4v) is 2.25. The number of carbonyl (C=O) groups excluding carboxylic acids is 2. The second-order valence-electron chi connectivity index (χ2n) is 5.01. The molecule has 1 heterocycles. The average molecular weight is 297 g/mol. The highest BCUT2D eigenvalue weighted by atomic mass is 19.3. The summed E-state index contributed by atoms with van der Waals surface area (Å²) in [7, 11) is 0. The van der Waals surface area contributed by atoms with Gasteiger partial charge in [-0.1, -0.05) is 0 Å². The Morgan fingerprint density at radius 2 is 2.14 bits per heavy atom.